The van der Waals surface area contributed by atoms with E-state index < -0.39 is 44.3 Å². The van der Waals surface area contributed by atoms with Crippen molar-refractivity contribution < 1.29 is 27.1 Å². The van der Waals surface area contributed by atoms with Gasteiger partial charge < -0.3 is 15.3 Å². The molecular formula is C29H28F2N4O4S. The van der Waals surface area contributed by atoms with Gasteiger partial charge in [-0.3, -0.25) is 4.79 Å². The number of nitriles is 1. The summed E-state index contributed by atoms with van der Waals surface area (Å²) in [4.78, 5) is 17.0. The molecule has 1 aliphatic rings. The van der Waals surface area contributed by atoms with E-state index in [4.69, 9.17) is 0 Å². The molecule has 11 heteroatoms. The second-order valence-electron chi connectivity index (χ2n) is 9.43. The summed E-state index contributed by atoms with van der Waals surface area (Å²) in [5, 5.41) is 23.5. The molecule has 1 aliphatic heterocycles. The van der Waals surface area contributed by atoms with Crippen molar-refractivity contribution in [1.29, 1.82) is 5.26 Å². The number of amides is 1. The molecule has 2 heterocycles. The number of nitrogens with zero attached hydrogens (tertiary/aromatic N) is 3. The van der Waals surface area contributed by atoms with Gasteiger partial charge in [-0.15, -0.1) is 0 Å². The number of nitrogens with one attached hydrogen (secondary N) is 1. The van der Waals surface area contributed by atoms with Gasteiger partial charge in [0.2, 0.25) is 21.6 Å². The Morgan fingerprint density at radius 2 is 1.88 bits per heavy atom. The first-order valence-electron chi connectivity index (χ1n) is 12.8. The molecule has 208 valence electrons. The largest absolute Gasteiger partial charge is 0.354 e. The van der Waals surface area contributed by atoms with Gasteiger partial charge in [0.15, 0.2) is 10.7 Å². The Morgan fingerprint density at radius 3 is 2.52 bits per heavy atom. The first-order valence-corrected chi connectivity index (χ1v) is 14.2. The van der Waals surface area contributed by atoms with E-state index in [0.717, 1.165) is 18.8 Å². The van der Waals surface area contributed by atoms with Gasteiger partial charge in [-0.2, -0.15) is 9.65 Å². The molecule has 2 N–H and O–H groups in total. The molecule has 2 atom stereocenters. The quantitative estimate of drug-likeness (QED) is 0.352. The SMILES string of the molecule is CCCCC1(O)NC(=O)C(S(=O)(=O)c2ccc(-c3ccnc(F)c3F)cc2)=CN1[C@@H](CC)c1cccc(C#N)c1. The minimum Gasteiger partial charge on any atom is -0.354 e. The van der Waals surface area contributed by atoms with Crippen molar-refractivity contribution in [1.82, 2.24) is 15.2 Å². The molecule has 0 aliphatic carbocycles. The lowest BCUT2D eigenvalue weighted by Gasteiger charge is -2.47. The van der Waals surface area contributed by atoms with E-state index >= 15 is 0 Å². The van der Waals surface area contributed by atoms with Gasteiger partial charge >= 0.3 is 0 Å². The summed E-state index contributed by atoms with van der Waals surface area (Å²) in [6.07, 6.45) is 4.08. The van der Waals surface area contributed by atoms with Crippen molar-refractivity contribution in [2.75, 3.05) is 0 Å². The van der Waals surface area contributed by atoms with Gasteiger partial charge in [-0.1, -0.05) is 44.5 Å². The Hall–Kier alpha value is -4.14. The maximum atomic E-state index is 14.2. The van der Waals surface area contributed by atoms with Crippen LogP contribution in [0.1, 0.15) is 56.7 Å². The Labute approximate surface area is 231 Å². The number of hydrogen-bond acceptors (Lipinski definition) is 7. The molecule has 40 heavy (non-hydrogen) atoms. The highest BCUT2D eigenvalue weighted by Crippen LogP contribution is 2.37. The normalized spacial score (nSPS) is 18.1. The fraction of sp³-hybridized carbons (Fsp3) is 0.276. The van der Waals surface area contributed by atoms with Crippen LogP contribution in [0.5, 0.6) is 0 Å². The van der Waals surface area contributed by atoms with E-state index in [0.29, 0.717) is 24.0 Å². The van der Waals surface area contributed by atoms with E-state index in [2.05, 4.69) is 16.4 Å². The maximum Gasteiger partial charge on any atom is 0.268 e. The van der Waals surface area contributed by atoms with Crippen molar-refractivity contribution in [2.45, 2.75) is 56.3 Å². The summed E-state index contributed by atoms with van der Waals surface area (Å²) in [5.41, 5.74) is 1.19. The Balaban J connectivity index is 1.79. The van der Waals surface area contributed by atoms with Crippen LogP contribution in [0, 0.1) is 23.1 Å². The number of pyridine rings is 1. The minimum atomic E-state index is -4.41. The summed E-state index contributed by atoms with van der Waals surface area (Å²) in [7, 11) is -4.41. The lowest BCUT2D eigenvalue weighted by atomic mass is 9.98. The number of benzene rings is 2. The predicted octanol–water partition coefficient (Wildman–Crippen LogP) is 4.93. The van der Waals surface area contributed by atoms with Crippen LogP contribution in [0.4, 0.5) is 8.78 Å². The van der Waals surface area contributed by atoms with Gasteiger partial charge in [0.05, 0.1) is 22.6 Å². The Kier molecular flexibility index (Phi) is 8.32. The number of unbranched alkanes of at least 4 members (excludes halogenated alkanes) is 1. The third-order valence-corrected chi connectivity index (χ3v) is 8.60. The molecule has 4 rings (SSSR count). The average molecular weight is 567 g/mol. The molecule has 1 aromatic heterocycles. The Morgan fingerprint density at radius 1 is 1.15 bits per heavy atom. The van der Waals surface area contributed by atoms with Gasteiger partial charge in [-0.25, -0.2) is 17.8 Å². The monoisotopic (exact) mass is 566 g/mol. The molecular weight excluding hydrogens is 538 g/mol. The predicted molar refractivity (Wildman–Crippen MR) is 144 cm³/mol. The standard InChI is InChI=1S/C29H28F2N4O4S/c1-3-5-14-29(37)34-28(36)25(18-35(29)24(4-2)21-8-6-7-19(16-21)17-32)40(38,39)22-11-9-20(10-12-22)23-13-15-33-27(31)26(23)30/h6-13,15-16,18,24,37H,3-5,14H2,1-2H3,(H,34,36)/t24-,29?/m0/s1. The molecule has 8 nitrogen and oxygen atoms in total. The van der Waals surface area contributed by atoms with Gasteiger partial charge in [0.1, 0.15) is 0 Å². The van der Waals surface area contributed by atoms with E-state index in [1.165, 1.54) is 35.2 Å². The van der Waals surface area contributed by atoms with E-state index in [9.17, 15) is 32.4 Å². The number of aromatic nitrogens is 1. The van der Waals surface area contributed by atoms with E-state index in [1.54, 1.807) is 24.3 Å². The highest BCUT2D eigenvalue weighted by molar-refractivity contribution is 7.96. The number of halogens is 2. The zero-order chi connectivity index (χ0) is 29.1. The first-order chi connectivity index (χ1) is 19.1. The van der Waals surface area contributed by atoms with Crippen LogP contribution >= 0.6 is 0 Å². The third kappa shape index (κ3) is 5.46. The van der Waals surface area contributed by atoms with Crippen molar-refractivity contribution >= 4 is 15.7 Å². The summed E-state index contributed by atoms with van der Waals surface area (Å²) >= 11 is 0. The van der Waals surface area contributed by atoms with E-state index in [1.807, 2.05) is 13.8 Å². The Bertz CT molecular complexity index is 1600. The van der Waals surface area contributed by atoms with E-state index in [-0.39, 0.29) is 22.4 Å². The molecule has 0 bridgehead atoms. The second kappa shape index (κ2) is 11.5. The molecule has 2 aromatic carbocycles. The smallest absolute Gasteiger partial charge is 0.268 e. The fourth-order valence-electron chi connectivity index (χ4n) is 4.74. The van der Waals surface area contributed by atoms with Crippen LogP contribution < -0.4 is 5.32 Å². The van der Waals surface area contributed by atoms with Crippen LogP contribution in [0.2, 0.25) is 0 Å². The number of rotatable bonds is 9. The van der Waals surface area contributed by atoms with Gasteiger partial charge in [0.25, 0.3) is 5.91 Å². The summed E-state index contributed by atoms with van der Waals surface area (Å²) in [6.45, 7) is 3.77. The molecule has 0 radical (unpaired) electrons. The molecule has 0 saturated carbocycles. The van der Waals surface area contributed by atoms with Crippen LogP contribution in [0.3, 0.4) is 0 Å². The first kappa shape index (κ1) is 28.9. The summed E-state index contributed by atoms with van der Waals surface area (Å²) < 4.78 is 55.1. The molecule has 1 amide bonds. The van der Waals surface area contributed by atoms with Crippen LogP contribution in [-0.4, -0.2) is 35.2 Å². The van der Waals surface area contributed by atoms with Crippen molar-refractivity contribution in [3.63, 3.8) is 0 Å². The van der Waals surface area contributed by atoms with Gasteiger partial charge in [0, 0.05) is 24.4 Å². The van der Waals surface area contributed by atoms with Crippen LogP contribution in [-0.2, 0) is 14.6 Å². The van der Waals surface area contributed by atoms with Crippen LogP contribution in [0.25, 0.3) is 11.1 Å². The van der Waals surface area contributed by atoms with Crippen LogP contribution in [0.15, 0.2) is 76.8 Å². The number of aliphatic hydroxyl groups is 1. The third-order valence-electron chi connectivity index (χ3n) is 6.83. The average Bonchev–Trinajstić information content (AvgIpc) is 2.95. The topological polar surface area (TPSA) is 123 Å². The second-order valence-corrected chi connectivity index (χ2v) is 11.3. The van der Waals surface area contributed by atoms with Crippen molar-refractivity contribution in [3.05, 3.63) is 94.8 Å². The lowest BCUT2D eigenvalue weighted by Crippen LogP contribution is -2.63. The van der Waals surface area contributed by atoms with Crippen molar-refractivity contribution in [2.24, 2.45) is 0 Å². The zero-order valence-electron chi connectivity index (χ0n) is 21.9. The summed E-state index contributed by atoms with van der Waals surface area (Å²) in [5.74, 6) is -5.29. The van der Waals surface area contributed by atoms with Crippen molar-refractivity contribution in [3.8, 4) is 17.2 Å². The zero-order valence-corrected chi connectivity index (χ0v) is 22.8. The molecule has 1 unspecified atom stereocenters. The molecule has 3 aromatic rings. The molecule has 0 fully saturated rings. The van der Waals surface area contributed by atoms with Gasteiger partial charge in [-0.05, 0) is 54.3 Å². The number of carbonyl (C=O) groups excluding carboxylic acids is 1. The minimum absolute atomic E-state index is 0.0939. The number of sulfone groups is 1. The lowest BCUT2D eigenvalue weighted by molar-refractivity contribution is -0.159. The highest BCUT2D eigenvalue weighted by atomic mass is 32.2. The molecule has 0 saturated heterocycles. The highest BCUT2D eigenvalue weighted by Gasteiger charge is 2.45. The number of hydrogen-bond donors (Lipinski definition) is 2. The number of carbonyl (C=O) groups is 1. The fourth-order valence-corrected chi connectivity index (χ4v) is 6.04. The molecule has 0 spiro atoms. The summed E-state index contributed by atoms with van der Waals surface area (Å²) in [6, 6.07) is 14.6. The maximum absolute atomic E-state index is 14.2.